The molecule has 0 nitrogen and oxygen atoms in total. The first-order valence-corrected chi connectivity index (χ1v) is 8.75. The smallest absolute Gasteiger partial charge is 1.00 e. The van der Waals surface area contributed by atoms with Gasteiger partial charge in [0.2, 0.25) is 0 Å². The van der Waals surface area contributed by atoms with Crippen LogP contribution in [0, 0.1) is 0 Å². The molecule has 0 radical (unpaired) electrons. The van der Waals surface area contributed by atoms with E-state index in [1.807, 2.05) is 0 Å². The van der Waals surface area contributed by atoms with Crippen LogP contribution in [-0.2, 0) is 25.8 Å². The molecule has 25 heavy (non-hydrogen) atoms. The van der Waals surface area contributed by atoms with E-state index in [4.69, 9.17) is 0 Å². The van der Waals surface area contributed by atoms with E-state index in [0.717, 1.165) is 0 Å². The van der Waals surface area contributed by atoms with Crippen LogP contribution in [0.3, 0.4) is 0 Å². The molecule has 2 aromatic rings. The predicted molar refractivity (Wildman–Crippen MR) is 100 cm³/mol. The molecular weight excluding hydrogens is 514 g/mol. The number of hydrogen-bond acceptors (Lipinski definition) is 0. The Kier molecular flexibility index (Phi) is 17.0. The first kappa shape index (κ1) is 29.9. The second kappa shape index (κ2) is 14.2. The van der Waals surface area contributed by atoms with E-state index in [1.54, 1.807) is 0 Å². The fourth-order valence-corrected chi connectivity index (χ4v) is 2.40. The zero-order valence-corrected chi connectivity index (χ0v) is 22.1. The van der Waals surface area contributed by atoms with Crippen molar-refractivity contribution >= 4 is 0 Å². The van der Waals surface area contributed by atoms with Gasteiger partial charge in [-0.2, -0.15) is 46.5 Å². The molecule has 0 aliphatic heterocycles. The van der Waals surface area contributed by atoms with Gasteiger partial charge in [0.15, 0.2) is 0 Å². The van der Waals surface area contributed by atoms with E-state index in [-0.39, 0.29) is 50.7 Å². The summed E-state index contributed by atoms with van der Waals surface area (Å²) >= 11 is 0. The summed E-state index contributed by atoms with van der Waals surface area (Å²) in [5, 5.41) is 0. The van der Waals surface area contributed by atoms with Crippen LogP contribution in [0.25, 0.3) is 0 Å². The molecule has 3 heteroatoms. The molecule has 0 N–H and O–H groups in total. The zero-order chi connectivity index (χ0) is 16.9. The summed E-state index contributed by atoms with van der Waals surface area (Å²) in [7, 11) is 0. The molecule has 0 unspecified atom stereocenters. The van der Waals surface area contributed by atoms with Gasteiger partial charge < -0.3 is 24.8 Å². The van der Waals surface area contributed by atoms with Gasteiger partial charge in [-0.3, -0.25) is 0 Å². The summed E-state index contributed by atoms with van der Waals surface area (Å²) in [6.07, 6.45) is 0. The molecule has 0 spiro atoms. The van der Waals surface area contributed by atoms with Crippen molar-refractivity contribution in [3.8, 4) is 0 Å². The number of hydrogen-bond donors (Lipinski definition) is 0. The van der Waals surface area contributed by atoms with Crippen molar-refractivity contribution < 1.29 is 50.7 Å². The van der Waals surface area contributed by atoms with E-state index in [9.17, 15) is 0 Å². The standard InChI is InChI=1S/2C11H17.2ClH.Hf/c2*1-8(2)10-5-6-11(7-10)9(3)4;;;/h2*5-9H,1-4H3;2*1H;/q2*-1;;;+4/p-2. The Balaban J connectivity index is -0.000000346. The van der Waals surface area contributed by atoms with E-state index in [2.05, 4.69) is 91.8 Å². The quantitative estimate of drug-likeness (QED) is 0.400. The molecule has 0 atom stereocenters. The van der Waals surface area contributed by atoms with Crippen LogP contribution in [0.2, 0.25) is 0 Å². The van der Waals surface area contributed by atoms with Crippen molar-refractivity contribution in [1.82, 2.24) is 0 Å². The summed E-state index contributed by atoms with van der Waals surface area (Å²) in [6, 6.07) is 13.6. The third-order valence-corrected chi connectivity index (χ3v) is 4.27. The summed E-state index contributed by atoms with van der Waals surface area (Å²) in [4.78, 5) is 0. The molecule has 0 bridgehead atoms. The molecule has 0 aromatic heterocycles. The van der Waals surface area contributed by atoms with Crippen LogP contribution in [0.15, 0.2) is 36.4 Å². The van der Waals surface area contributed by atoms with Gasteiger partial charge in [0, 0.05) is 0 Å². The van der Waals surface area contributed by atoms with E-state index >= 15 is 0 Å². The Hall–Kier alpha value is 0.150. The Morgan fingerprint density at radius 1 is 0.600 bits per heavy atom. The maximum atomic E-state index is 2.31. The van der Waals surface area contributed by atoms with E-state index in [1.165, 1.54) is 22.3 Å². The maximum absolute atomic E-state index is 2.31. The number of rotatable bonds is 4. The first-order chi connectivity index (χ1) is 10.2. The molecular formula is C22H34Cl2Hf. The SMILES string of the molecule is CC(C)c1cc[c-](C(C)C)c1.CC(C)c1cc[c-](C(C)C)c1.[Cl-].[Cl-].[Hf+4]. The van der Waals surface area contributed by atoms with Gasteiger partial charge in [-0.05, 0) is 0 Å². The molecule has 0 saturated heterocycles. The molecule has 140 valence electrons. The fourth-order valence-electron chi connectivity index (χ4n) is 2.40. The van der Waals surface area contributed by atoms with Gasteiger partial charge in [0.05, 0.1) is 0 Å². The van der Waals surface area contributed by atoms with Crippen molar-refractivity contribution in [2.45, 2.75) is 79.1 Å². The molecule has 2 aromatic carbocycles. The van der Waals surface area contributed by atoms with Crippen molar-refractivity contribution in [1.29, 1.82) is 0 Å². The third kappa shape index (κ3) is 10.2. The van der Waals surface area contributed by atoms with E-state index in [0.29, 0.717) is 23.7 Å². The normalized spacial score (nSPS) is 10.1. The Labute approximate surface area is 187 Å². The molecule has 0 amide bonds. The van der Waals surface area contributed by atoms with E-state index < -0.39 is 0 Å². The van der Waals surface area contributed by atoms with Crippen molar-refractivity contribution in [3.63, 3.8) is 0 Å². The maximum Gasteiger partial charge on any atom is 4.00 e. The van der Waals surface area contributed by atoms with Crippen molar-refractivity contribution in [3.05, 3.63) is 58.7 Å². The molecule has 2 rings (SSSR count). The topological polar surface area (TPSA) is 0 Å². The monoisotopic (exact) mass is 548 g/mol. The van der Waals surface area contributed by atoms with Gasteiger partial charge in [-0.15, -0.1) is 0 Å². The summed E-state index contributed by atoms with van der Waals surface area (Å²) in [6.45, 7) is 17.9. The van der Waals surface area contributed by atoms with Crippen LogP contribution in [0.4, 0.5) is 0 Å². The Morgan fingerprint density at radius 2 is 0.880 bits per heavy atom. The summed E-state index contributed by atoms with van der Waals surface area (Å²) < 4.78 is 0. The second-order valence-electron chi connectivity index (χ2n) is 7.57. The second-order valence-corrected chi connectivity index (χ2v) is 7.57. The van der Waals surface area contributed by atoms with Crippen LogP contribution in [0.5, 0.6) is 0 Å². The van der Waals surface area contributed by atoms with Crippen LogP contribution < -0.4 is 24.8 Å². The Morgan fingerprint density at radius 3 is 1.00 bits per heavy atom. The molecule has 0 aliphatic carbocycles. The molecule has 0 saturated carbocycles. The zero-order valence-electron chi connectivity index (χ0n) is 17.0. The predicted octanol–water partition coefficient (Wildman–Crippen LogP) is 1.31. The molecule has 0 aliphatic rings. The van der Waals surface area contributed by atoms with Gasteiger partial charge >= 0.3 is 25.8 Å². The van der Waals surface area contributed by atoms with Crippen LogP contribution in [-0.4, -0.2) is 0 Å². The minimum atomic E-state index is 0. The number of halogens is 2. The Bertz CT molecular complexity index is 453. The first-order valence-electron chi connectivity index (χ1n) is 8.75. The van der Waals surface area contributed by atoms with Gasteiger partial charge in [0.1, 0.15) is 0 Å². The molecule has 0 fully saturated rings. The summed E-state index contributed by atoms with van der Waals surface area (Å²) in [5.41, 5.74) is 5.87. The van der Waals surface area contributed by atoms with Crippen molar-refractivity contribution in [2.24, 2.45) is 0 Å². The average molecular weight is 548 g/mol. The summed E-state index contributed by atoms with van der Waals surface area (Å²) in [5.74, 6) is 2.68. The average Bonchev–Trinajstić information content (AvgIpc) is 3.09. The fraction of sp³-hybridized carbons (Fsp3) is 0.545. The van der Waals surface area contributed by atoms with Crippen LogP contribution in [0.1, 0.15) is 101 Å². The van der Waals surface area contributed by atoms with Gasteiger partial charge in [0.25, 0.3) is 0 Å². The molecule has 0 heterocycles. The third-order valence-electron chi connectivity index (χ3n) is 4.27. The van der Waals surface area contributed by atoms with Crippen molar-refractivity contribution in [2.75, 3.05) is 0 Å². The minimum absolute atomic E-state index is 0. The largest absolute Gasteiger partial charge is 4.00 e. The van der Waals surface area contributed by atoms with Gasteiger partial charge in [-0.1, -0.05) is 79.1 Å². The minimum Gasteiger partial charge on any atom is -1.00 e. The van der Waals surface area contributed by atoms with Gasteiger partial charge in [-0.25, -0.2) is 12.1 Å². The van der Waals surface area contributed by atoms with Crippen LogP contribution >= 0.6 is 0 Å².